The summed E-state index contributed by atoms with van der Waals surface area (Å²) in [6.45, 7) is 1.22. The summed E-state index contributed by atoms with van der Waals surface area (Å²) in [5.41, 5.74) is 2.77. The summed E-state index contributed by atoms with van der Waals surface area (Å²) in [5, 5.41) is 15.0. The van der Waals surface area contributed by atoms with Crippen LogP contribution in [0.2, 0.25) is 0 Å². The Hall–Kier alpha value is -2.67. The van der Waals surface area contributed by atoms with Crippen molar-refractivity contribution in [3.8, 4) is 5.75 Å². The first-order chi connectivity index (χ1) is 12.7. The van der Waals surface area contributed by atoms with Gasteiger partial charge in [0.2, 0.25) is 0 Å². The van der Waals surface area contributed by atoms with Gasteiger partial charge in [-0.05, 0) is 36.6 Å². The minimum absolute atomic E-state index is 0.0314. The molecule has 0 bridgehead atoms. The molecule has 0 unspecified atom stereocenters. The molecule has 2 heterocycles. The molecule has 1 amide bonds. The standard InChI is InChI=1S/C19H22N4O3/c24-5-4-20-18-10-16(21-11-22-18)14-8-15(9-14)23-19(25)13-1-2-17-12(7-13)3-6-26-17/h1-2,7,10-11,14-15,24H,3-6,8-9H2,(H,23,25)(H,20,21,22). The highest BCUT2D eigenvalue weighted by molar-refractivity contribution is 5.94. The fraction of sp³-hybridized carbons (Fsp3) is 0.421. The maximum Gasteiger partial charge on any atom is 0.251 e. The fourth-order valence-corrected chi connectivity index (χ4v) is 3.45. The number of ether oxygens (including phenoxy) is 1. The molecular formula is C19H22N4O3. The normalized spacial score (nSPS) is 20.7. The Kier molecular flexibility index (Phi) is 4.71. The van der Waals surface area contributed by atoms with Gasteiger partial charge in [-0.15, -0.1) is 0 Å². The Morgan fingerprint density at radius 2 is 2.15 bits per heavy atom. The zero-order valence-electron chi connectivity index (χ0n) is 14.4. The lowest BCUT2D eigenvalue weighted by Gasteiger charge is -2.35. The molecule has 2 aromatic rings. The Bertz CT molecular complexity index is 805. The molecule has 0 saturated heterocycles. The summed E-state index contributed by atoms with van der Waals surface area (Å²) in [7, 11) is 0. The van der Waals surface area contributed by atoms with Crippen molar-refractivity contribution in [3.63, 3.8) is 0 Å². The van der Waals surface area contributed by atoms with Gasteiger partial charge in [-0.3, -0.25) is 4.79 Å². The Morgan fingerprint density at radius 3 is 3.00 bits per heavy atom. The van der Waals surface area contributed by atoms with Crippen molar-refractivity contribution in [1.29, 1.82) is 0 Å². The summed E-state index contributed by atoms with van der Waals surface area (Å²) in [6, 6.07) is 7.71. The molecule has 1 aromatic heterocycles. The zero-order valence-corrected chi connectivity index (χ0v) is 14.4. The van der Waals surface area contributed by atoms with Crippen molar-refractivity contribution in [3.05, 3.63) is 47.4 Å². The molecule has 0 atom stereocenters. The average molecular weight is 354 g/mol. The second kappa shape index (κ2) is 7.29. The lowest BCUT2D eigenvalue weighted by atomic mass is 9.78. The second-order valence-electron chi connectivity index (χ2n) is 6.74. The number of fused-ring (bicyclic) bond motifs is 1. The van der Waals surface area contributed by atoms with Crippen molar-refractivity contribution in [2.45, 2.75) is 31.2 Å². The van der Waals surface area contributed by atoms with Crippen LogP contribution in [0.25, 0.3) is 0 Å². The maximum atomic E-state index is 12.5. The van der Waals surface area contributed by atoms with Crippen LogP contribution in [0.3, 0.4) is 0 Å². The van der Waals surface area contributed by atoms with Crippen LogP contribution in [0.15, 0.2) is 30.6 Å². The van der Waals surface area contributed by atoms with Crippen molar-refractivity contribution in [2.75, 3.05) is 25.1 Å². The second-order valence-corrected chi connectivity index (χ2v) is 6.74. The number of carbonyl (C=O) groups excluding carboxylic acids is 1. The van der Waals surface area contributed by atoms with E-state index in [0.29, 0.717) is 24.6 Å². The first-order valence-electron chi connectivity index (χ1n) is 8.96. The molecule has 1 aliphatic heterocycles. The predicted molar refractivity (Wildman–Crippen MR) is 96.5 cm³/mol. The Balaban J connectivity index is 1.32. The van der Waals surface area contributed by atoms with Crippen LogP contribution in [0.5, 0.6) is 5.75 Å². The Labute approximate surface area is 151 Å². The van der Waals surface area contributed by atoms with Gasteiger partial charge in [0, 0.05) is 42.2 Å². The van der Waals surface area contributed by atoms with E-state index in [2.05, 4.69) is 20.6 Å². The van der Waals surface area contributed by atoms with Crippen LogP contribution in [0.4, 0.5) is 5.82 Å². The van der Waals surface area contributed by atoms with Crippen LogP contribution >= 0.6 is 0 Å². The van der Waals surface area contributed by atoms with E-state index in [4.69, 9.17) is 9.84 Å². The van der Waals surface area contributed by atoms with E-state index in [-0.39, 0.29) is 18.6 Å². The number of aliphatic hydroxyl groups excluding tert-OH is 1. The molecule has 26 heavy (non-hydrogen) atoms. The highest BCUT2D eigenvalue weighted by Gasteiger charge is 2.33. The number of hydrogen-bond acceptors (Lipinski definition) is 6. The number of amides is 1. The maximum absolute atomic E-state index is 12.5. The lowest BCUT2D eigenvalue weighted by Crippen LogP contribution is -2.43. The van der Waals surface area contributed by atoms with Crippen LogP contribution in [-0.2, 0) is 6.42 Å². The van der Waals surface area contributed by atoms with E-state index < -0.39 is 0 Å². The monoisotopic (exact) mass is 354 g/mol. The molecule has 1 aromatic carbocycles. The predicted octanol–water partition coefficient (Wildman–Crippen LogP) is 1.49. The summed E-state index contributed by atoms with van der Waals surface area (Å²) in [4.78, 5) is 20.9. The molecule has 4 rings (SSSR count). The van der Waals surface area contributed by atoms with E-state index in [9.17, 15) is 4.79 Å². The number of nitrogens with zero attached hydrogens (tertiary/aromatic N) is 2. The highest BCUT2D eigenvalue weighted by atomic mass is 16.5. The Morgan fingerprint density at radius 1 is 1.27 bits per heavy atom. The number of carbonyl (C=O) groups is 1. The van der Waals surface area contributed by atoms with Gasteiger partial charge in [-0.2, -0.15) is 0 Å². The molecule has 7 heteroatoms. The molecule has 1 aliphatic carbocycles. The molecule has 2 aliphatic rings. The fourth-order valence-electron chi connectivity index (χ4n) is 3.45. The molecule has 7 nitrogen and oxygen atoms in total. The van der Waals surface area contributed by atoms with Crippen molar-refractivity contribution in [1.82, 2.24) is 15.3 Å². The minimum Gasteiger partial charge on any atom is -0.493 e. The third kappa shape index (κ3) is 3.48. The van der Waals surface area contributed by atoms with Crippen molar-refractivity contribution < 1.29 is 14.6 Å². The summed E-state index contributed by atoms with van der Waals surface area (Å²) in [5.74, 6) is 1.90. The number of rotatable bonds is 6. The van der Waals surface area contributed by atoms with Gasteiger partial charge in [0.1, 0.15) is 17.9 Å². The van der Waals surface area contributed by atoms with Gasteiger partial charge in [0.25, 0.3) is 5.91 Å². The third-order valence-electron chi connectivity index (χ3n) is 4.95. The van der Waals surface area contributed by atoms with E-state index in [1.54, 1.807) is 0 Å². The van der Waals surface area contributed by atoms with E-state index in [1.807, 2.05) is 24.3 Å². The SMILES string of the molecule is O=C(NC1CC(c2cc(NCCO)ncn2)C1)c1ccc2c(c1)CCO2. The minimum atomic E-state index is -0.0314. The average Bonchev–Trinajstić information content (AvgIpc) is 3.10. The topological polar surface area (TPSA) is 96.4 Å². The molecule has 136 valence electrons. The zero-order chi connectivity index (χ0) is 17.9. The number of aliphatic hydroxyl groups is 1. The van der Waals surface area contributed by atoms with Gasteiger partial charge in [-0.25, -0.2) is 9.97 Å². The van der Waals surface area contributed by atoms with Crippen LogP contribution in [0, 0.1) is 0 Å². The first-order valence-corrected chi connectivity index (χ1v) is 8.96. The van der Waals surface area contributed by atoms with Gasteiger partial charge >= 0.3 is 0 Å². The molecule has 3 N–H and O–H groups in total. The van der Waals surface area contributed by atoms with Gasteiger partial charge < -0.3 is 20.5 Å². The van der Waals surface area contributed by atoms with Crippen LogP contribution < -0.4 is 15.4 Å². The number of benzene rings is 1. The molecule has 0 radical (unpaired) electrons. The summed E-state index contributed by atoms with van der Waals surface area (Å²) in [6.07, 6.45) is 4.14. The van der Waals surface area contributed by atoms with E-state index in [1.165, 1.54) is 6.33 Å². The molecule has 1 fully saturated rings. The molecule has 1 saturated carbocycles. The highest BCUT2D eigenvalue weighted by Crippen LogP contribution is 2.36. The van der Waals surface area contributed by atoms with Crippen molar-refractivity contribution in [2.24, 2.45) is 0 Å². The van der Waals surface area contributed by atoms with Crippen LogP contribution in [0.1, 0.15) is 40.4 Å². The molecule has 0 spiro atoms. The van der Waals surface area contributed by atoms with Crippen molar-refractivity contribution >= 4 is 11.7 Å². The van der Waals surface area contributed by atoms with Gasteiger partial charge in [0.05, 0.1) is 13.2 Å². The van der Waals surface area contributed by atoms with Gasteiger partial charge in [0.15, 0.2) is 0 Å². The molecular weight excluding hydrogens is 332 g/mol. The quantitative estimate of drug-likeness (QED) is 0.727. The van der Waals surface area contributed by atoms with E-state index in [0.717, 1.165) is 42.1 Å². The summed E-state index contributed by atoms with van der Waals surface area (Å²) >= 11 is 0. The number of aromatic nitrogens is 2. The number of hydrogen-bond donors (Lipinski definition) is 3. The smallest absolute Gasteiger partial charge is 0.251 e. The third-order valence-corrected chi connectivity index (χ3v) is 4.95. The lowest BCUT2D eigenvalue weighted by molar-refractivity contribution is 0.0908. The largest absolute Gasteiger partial charge is 0.493 e. The summed E-state index contributed by atoms with van der Waals surface area (Å²) < 4.78 is 5.48. The van der Waals surface area contributed by atoms with Gasteiger partial charge in [-0.1, -0.05) is 0 Å². The number of nitrogens with one attached hydrogen (secondary N) is 2. The van der Waals surface area contributed by atoms with Crippen LogP contribution in [-0.4, -0.2) is 46.8 Å². The first kappa shape index (κ1) is 16.8. The van der Waals surface area contributed by atoms with E-state index >= 15 is 0 Å². The number of anilines is 1.